The highest BCUT2D eigenvalue weighted by Crippen LogP contribution is 2.03. The summed E-state index contributed by atoms with van der Waals surface area (Å²) in [5.74, 6) is -2.12. The molecular weight excluding hydrogens is 144 g/mol. The second-order valence-corrected chi connectivity index (χ2v) is 1.07. The minimum Gasteiger partial charge on any atom is -0.479 e. The first-order valence-electron chi connectivity index (χ1n) is 1.70. The smallest absolute Gasteiger partial charge is 0.344 e. The molecule has 0 amide bonds. The van der Waals surface area contributed by atoms with Crippen LogP contribution in [0.4, 0.5) is 17.9 Å². The molecule has 0 radical (unpaired) electrons. The average Bonchev–Trinajstić information content (AvgIpc) is 1.64. The lowest BCUT2D eigenvalue weighted by atomic mass is 10.4. The van der Waals surface area contributed by atoms with E-state index in [1.165, 1.54) is 0 Å². The standard InChI is InChI=1S/C3H3F3O2.FH/c4-1(2(5)6)3(7)8;/h1-2H,(H,7,8);1H. The Hall–Kier alpha value is -0.810. The molecule has 0 aromatic heterocycles. The highest BCUT2D eigenvalue weighted by Gasteiger charge is 2.26. The highest BCUT2D eigenvalue weighted by molar-refractivity contribution is 5.72. The van der Waals surface area contributed by atoms with Gasteiger partial charge in [-0.25, -0.2) is 18.0 Å². The summed E-state index contributed by atoms with van der Waals surface area (Å²) in [5, 5.41) is 7.50. The minimum absolute atomic E-state index is 0. The summed E-state index contributed by atoms with van der Waals surface area (Å²) in [4.78, 5) is 9.29. The number of aliphatic carboxylic acids is 1. The van der Waals surface area contributed by atoms with Gasteiger partial charge in [-0.2, -0.15) is 0 Å². The third kappa shape index (κ3) is 3.75. The van der Waals surface area contributed by atoms with Crippen molar-refractivity contribution in [2.45, 2.75) is 12.6 Å². The molecule has 0 saturated heterocycles. The number of carboxylic acids is 1. The Kier molecular flexibility index (Phi) is 5.04. The molecule has 56 valence electrons. The predicted octanol–water partition coefficient (Wildman–Crippen LogP) is 0.827. The van der Waals surface area contributed by atoms with Crippen LogP contribution >= 0.6 is 0 Å². The van der Waals surface area contributed by atoms with Gasteiger partial charge in [0.25, 0.3) is 12.6 Å². The molecule has 0 heterocycles. The molecule has 1 unspecified atom stereocenters. The van der Waals surface area contributed by atoms with Crippen molar-refractivity contribution in [3.8, 4) is 0 Å². The summed E-state index contributed by atoms with van der Waals surface area (Å²) in [6, 6.07) is 0. The maximum Gasteiger partial charge on any atom is 0.344 e. The molecule has 0 aliphatic rings. The fourth-order valence-electron chi connectivity index (χ4n) is 0.108. The van der Waals surface area contributed by atoms with E-state index in [1.54, 1.807) is 0 Å². The molecule has 6 heteroatoms. The van der Waals surface area contributed by atoms with E-state index < -0.39 is 18.6 Å². The Balaban J connectivity index is 0. The number of alkyl halides is 3. The van der Waals surface area contributed by atoms with Crippen molar-refractivity contribution < 1.29 is 27.8 Å². The van der Waals surface area contributed by atoms with Crippen molar-refractivity contribution in [3.05, 3.63) is 0 Å². The summed E-state index contributed by atoms with van der Waals surface area (Å²) >= 11 is 0. The molecule has 2 nitrogen and oxygen atoms in total. The van der Waals surface area contributed by atoms with E-state index >= 15 is 0 Å². The number of carbonyl (C=O) groups is 1. The van der Waals surface area contributed by atoms with Gasteiger partial charge in [0.05, 0.1) is 0 Å². The zero-order valence-corrected chi connectivity index (χ0v) is 4.05. The fraction of sp³-hybridized carbons (Fsp3) is 0.667. The summed E-state index contributed by atoms with van der Waals surface area (Å²) in [6.07, 6.45) is -6.47. The first-order valence-corrected chi connectivity index (χ1v) is 1.70. The van der Waals surface area contributed by atoms with Crippen LogP contribution in [0.15, 0.2) is 0 Å². The van der Waals surface area contributed by atoms with E-state index in [4.69, 9.17) is 5.11 Å². The Morgan fingerprint density at radius 2 is 1.67 bits per heavy atom. The predicted molar refractivity (Wildman–Crippen MR) is 21.0 cm³/mol. The second kappa shape index (κ2) is 4.11. The third-order valence-electron chi connectivity index (χ3n) is 0.457. The van der Waals surface area contributed by atoms with Crippen LogP contribution in [0.5, 0.6) is 0 Å². The van der Waals surface area contributed by atoms with Gasteiger partial charge in [0.2, 0.25) is 0 Å². The first-order chi connectivity index (χ1) is 3.55. The van der Waals surface area contributed by atoms with E-state index in [2.05, 4.69) is 0 Å². The molecule has 0 fully saturated rings. The number of halogens is 4. The van der Waals surface area contributed by atoms with Gasteiger partial charge >= 0.3 is 5.97 Å². The van der Waals surface area contributed by atoms with Crippen LogP contribution in [0, 0.1) is 0 Å². The van der Waals surface area contributed by atoms with Crippen molar-refractivity contribution >= 4 is 5.97 Å². The Morgan fingerprint density at radius 3 is 1.67 bits per heavy atom. The molecule has 0 saturated carbocycles. The summed E-state index contributed by atoms with van der Waals surface area (Å²) in [7, 11) is 0. The van der Waals surface area contributed by atoms with Gasteiger partial charge in [-0.05, 0) is 0 Å². The van der Waals surface area contributed by atoms with Gasteiger partial charge in [-0.15, -0.1) is 0 Å². The topological polar surface area (TPSA) is 37.3 Å². The Morgan fingerprint density at radius 1 is 1.33 bits per heavy atom. The number of hydrogen-bond acceptors (Lipinski definition) is 1. The molecule has 0 aliphatic heterocycles. The molecule has 0 rings (SSSR count). The van der Waals surface area contributed by atoms with E-state index in [0.29, 0.717) is 0 Å². The molecule has 1 N–H and O–H groups in total. The van der Waals surface area contributed by atoms with Gasteiger partial charge in [-0.3, -0.25) is 4.70 Å². The van der Waals surface area contributed by atoms with E-state index in [1.807, 2.05) is 0 Å². The van der Waals surface area contributed by atoms with Gasteiger partial charge in [0, 0.05) is 0 Å². The summed E-state index contributed by atoms with van der Waals surface area (Å²) in [6.45, 7) is 0. The lowest BCUT2D eigenvalue weighted by molar-refractivity contribution is -0.148. The maximum absolute atomic E-state index is 11.3. The van der Waals surface area contributed by atoms with Crippen LogP contribution in [0.3, 0.4) is 0 Å². The van der Waals surface area contributed by atoms with Crippen LogP contribution in [0.1, 0.15) is 0 Å². The Bertz CT molecular complexity index is 93.8. The molecule has 0 bridgehead atoms. The van der Waals surface area contributed by atoms with Crippen molar-refractivity contribution in [3.63, 3.8) is 0 Å². The summed E-state index contributed by atoms with van der Waals surface area (Å²) in [5.41, 5.74) is 0. The van der Waals surface area contributed by atoms with Crippen LogP contribution in [-0.2, 0) is 4.79 Å². The average molecular weight is 148 g/mol. The number of hydrogen-bond donors (Lipinski definition) is 1. The van der Waals surface area contributed by atoms with Crippen LogP contribution in [0.2, 0.25) is 0 Å². The SMILES string of the molecule is F.O=C(O)C(F)C(F)F. The highest BCUT2D eigenvalue weighted by atomic mass is 19.3. The molecule has 1 atom stereocenters. The molecule has 9 heavy (non-hydrogen) atoms. The number of rotatable bonds is 2. The van der Waals surface area contributed by atoms with E-state index in [9.17, 15) is 18.0 Å². The molecular formula is C3H4F4O2. The lowest BCUT2D eigenvalue weighted by Crippen LogP contribution is -2.22. The molecule has 0 aromatic carbocycles. The maximum atomic E-state index is 11.3. The normalized spacial score (nSPS) is 12.4. The van der Waals surface area contributed by atoms with Gasteiger partial charge in [-0.1, -0.05) is 0 Å². The zero-order chi connectivity index (χ0) is 6.73. The fourth-order valence-corrected chi connectivity index (χ4v) is 0.108. The minimum atomic E-state index is -3.42. The van der Waals surface area contributed by atoms with E-state index in [-0.39, 0.29) is 4.70 Å². The van der Waals surface area contributed by atoms with Gasteiger partial charge in [0.1, 0.15) is 0 Å². The van der Waals surface area contributed by atoms with Crippen LogP contribution < -0.4 is 0 Å². The van der Waals surface area contributed by atoms with Crippen LogP contribution in [0.25, 0.3) is 0 Å². The van der Waals surface area contributed by atoms with Crippen LogP contribution in [-0.4, -0.2) is 23.7 Å². The zero-order valence-electron chi connectivity index (χ0n) is 4.05. The van der Waals surface area contributed by atoms with Crippen molar-refractivity contribution in [2.75, 3.05) is 0 Å². The van der Waals surface area contributed by atoms with Crippen molar-refractivity contribution in [2.24, 2.45) is 0 Å². The Labute approximate surface area is 47.7 Å². The quantitative estimate of drug-likeness (QED) is 0.589. The summed E-state index contributed by atoms with van der Waals surface area (Å²) < 4.78 is 33.1. The molecule has 0 aromatic rings. The molecule has 0 aliphatic carbocycles. The first kappa shape index (κ1) is 11.0. The van der Waals surface area contributed by atoms with E-state index in [0.717, 1.165) is 0 Å². The second-order valence-electron chi connectivity index (χ2n) is 1.07. The van der Waals surface area contributed by atoms with Crippen molar-refractivity contribution in [1.29, 1.82) is 0 Å². The van der Waals surface area contributed by atoms with Gasteiger partial charge < -0.3 is 5.11 Å². The lowest BCUT2D eigenvalue weighted by Gasteiger charge is -1.96. The van der Waals surface area contributed by atoms with Crippen molar-refractivity contribution in [1.82, 2.24) is 0 Å². The monoisotopic (exact) mass is 148 g/mol. The third-order valence-corrected chi connectivity index (χ3v) is 0.457. The van der Waals surface area contributed by atoms with Gasteiger partial charge in [0.15, 0.2) is 0 Å². The number of carboxylic acid groups (broad SMARTS) is 1. The molecule has 0 spiro atoms. The largest absolute Gasteiger partial charge is 0.479 e.